The Morgan fingerprint density at radius 2 is 2.19 bits per heavy atom. The number of rotatable bonds is 7. The number of likely N-dealkylation sites (N-methyl/N-ethyl adjacent to an activating group) is 1. The number of piperidine rings is 1. The molecule has 5 heteroatoms. The van der Waals surface area contributed by atoms with Gasteiger partial charge in [-0.05, 0) is 56.6 Å². The maximum atomic E-state index is 12.6. The van der Waals surface area contributed by atoms with Crippen LogP contribution in [0.3, 0.4) is 0 Å². The van der Waals surface area contributed by atoms with Crippen molar-refractivity contribution in [3.8, 4) is 0 Å². The van der Waals surface area contributed by atoms with Gasteiger partial charge in [-0.1, -0.05) is 12.1 Å². The Morgan fingerprint density at radius 1 is 1.30 bits per heavy atom. The molecule has 0 radical (unpaired) electrons. The highest BCUT2D eigenvalue weighted by molar-refractivity contribution is 5.93. The summed E-state index contributed by atoms with van der Waals surface area (Å²) >= 11 is 0. The fourth-order valence-electron chi connectivity index (χ4n) is 4.02. The first-order valence-electron chi connectivity index (χ1n) is 10.3. The van der Waals surface area contributed by atoms with Crippen molar-refractivity contribution in [2.75, 3.05) is 26.7 Å². The lowest BCUT2D eigenvalue weighted by molar-refractivity contribution is -0.130. The summed E-state index contributed by atoms with van der Waals surface area (Å²) < 4.78 is 0. The number of hydrogen-bond acceptors (Lipinski definition) is 3. The maximum Gasteiger partial charge on any atom is 0.249 e. The topological polar surface area (TPSA) is 53.5 Å². The average molecular weight is 370 g/mol. The molecule has 3 rings (SSSR count). The van der Waals surface area contributed by atoms with Crippen LogP contribution in [-0.4, -0.2) is 53.3 Å². The van der Waals surface area contributed by atoms with Crippen LogP contribution in [0, 0.1) is 5.92 Å². The maximum absolute atomic E-state index is 12.6. The van der Waals surface area contributed by atoms with Crippen molar-refractivity contribution in [2.45, 2.75) is 51.4 Å². The van der Waals surface area contributed by atoms with Crippen molar-refractivity contribution in [2.24, 2.45) is 5.92 Å². The highest BCUT2D eigenvalue weighted by atomic mass is 16.2. The van der Waals surface area contributed by atoms with Gasteiger partial charge < -0.3 is 9.80 Å². The van der Waals surface area contributed by atoms with E-state index in [0.29, 0.717) is 18.9 Å². The van der Waals surface area contributed by atoms with Crippen LogP contribution < -0.4 is 0 Å². The Labute approximate surface area is 162 Å². The van der Waals surface area contributed by atoms with E-state index in [2.05, 4.69) is 11.1 Å². The van der Waals surface area contributed by atoms with Crippen molar-refractivity contribution in [3.63, 3.8) is 0 Å². The van der Waals surface area contributed by atoms with Crippen LogP contribution in [0.2, 0.25) is 0 Å². The lowest BCUT2D eigenvalue weighted by Crippen LogP contribution is -2.40. The van der Waals surface area contributed by atoms with Crippen LogP contribution in [-0.2, 0) is 16.0 Å². The molecule has 2 heterocycles. The number of nitrogens with zero attached hydrogens (tertiary/aromatic N) is 3. The monoisotopic (exact) mass is 369 g/mol. The Bertz CT molecular complexity index is 671. The van der Waals surface area contributed by atoms with E-state index in [1.54, 1.807) is 6.20 Å². The first-order valence-corrected chi connectivity index (χ1v) is 10.3. The molecule has 1 aliphatic heterocycles. The third kappa shape index (κ3) is 5.65. The standard InChI is InChI=1S/C22H31N3O2/c1-24(16-13-20-10-4-5-14-23-20)21(26)12-11-18-7-6-15-25(17-18)22(27)19-8-2-3-9-19/h4-5,8,10,14,18H,2-3,6-7,9,11-13,15-17H2,1H3. The molecule has 1 fully saturated rings. The van der Waals surface area contributed by atoms with Crippen LogP contribution >= 0.6 is 0 Å². The van der Waals surface area contributed by atoms with Crippen LogP contribution in [0.15, 0.2) is 36.0 Å². The van der Waals surface area contributed by atoms with E-state index in [0.717, 1.165) is 69.3 Å². The Kier molecular flexibility index (Phi) is 7.02. The molecule has 1 atom stereocenters. The minimum absolute atomic E-state index is 0.188. The Balaban J connectivity index is 1.40. The molecule has 5 nitrogen and oxygen atoms in total. The quantitative estimate of drug-likeness (QED) is 0.742. The summed E-state index contributed by atoms with van der Waals surface area (Å²) in [5, 5.41) is 0. The normalized spacial score (nSPS) is 19.7. The fourth-order valence-corrected chi connectivity index (χ4v) is 4.02. The lowest BCUT2D eigenvalue weighted by Gasteiger charge is -2.33. The number of likely N-dealkylation sites (tertiary alicyclic amines) is 1. The van der Waals surface area contributed by atoms with Crippen LogP contribution in [0.4, 0.5) is 0 Å². The Morgan fingerprint density at radius 3 is 2.93 bits per heavy atom. The van der Waals surface area contributed by atoms with Gasteiger partial charge in [-0.25, -0.2) is 0 Å². The van der Waals surface area contributed by atoms with Gasteiger partial charge in [0.15, 0.2) is 0 Å². The summed E-state index contributed by atoms with van der Waals surface area (Å²) in [7, 11) is 1.87. The summed E-state index contributed by atoms with van der Waals surface area (Å²) in [6.07, 6.45) is 11.4. The first-order chi connectivity index (χ1) is 13.1. The molecule has 146 valence electrons. The molecule has 0 N–H and O–H groups in total. The van der Waals surface area contributed by atoms with Gasteiger partial charge >= 0.3 is 0 Å². The van der Waals surface area contributed by atoms with Gasteiger partial charge in [0.25, 0.3) is 0 Å². The van der Waals surface area contributed by atoms with E-state index < -0.39 is 0 Å². The van der Waals surface area contributed by atoms with Gasteiger partial charge in [0, 0.05) is 57.0 Å². The van der Waals surface area contributed by atoms with Crippen molar-refractivity contribution in [1.82, 2.24) is 14.8 Å². The highest BCUT2D eigenvalue weighted by Crippen LogP contribution is 2.25. The molecule has 1 unspecified atom stereocenters. The number of carbonyl (C=O) groups is 2. The summed E-state index contributed by atoms with van der Waals surface area (Å²) in [6, 6.07) is 5.87. The van der Waals surface area contributed by atoms with Crippen LogP contribution in [0.1, 0.15) is 50.6 Å². The lowest BCUT2D eigenvalue weighted by atomic mass is 9.92. The third-order valence-electron chi connectivity index (χ3n) is 5.74. The van der Waals surface area contributed by atoms with E-state index >= 15 is 0 Å². The molecular weight excluding hydrogens is 338 g/mol. The van der Waals surface area contributed by atoms with Gasteiger partial charge in [0.1, 0.15) is 0 Å². The number of amides is 2. The second-order valence-corrected chi connectivity index (χ2v) is 7.81. The smallest absolute Gasteiger partial charge is 0.249 e. The zero-order valence-electron chi connectivity index (χ0n) is 16.4. The second kappa shape index (κ2) is 9.67. The number of carbonyl (C=O) groups excluding carboxylic acids is 2. The molecule has 0 aromatic carbocycles. The third-order valence-corrected chi connectivity index (χ3v) is 5.74. The van der Waals surface area contributed by atoms with E-state index in [-0.39, 0.29) is 11.8 Å². The largest absolute Gasteiger partial charge is 0.345 e. The SMILES string of the molecule is CN(CCc1ccccn1)C(=O)CCC1CCCN(C(=O)C2=CCCC2)C1. The fraction of sp³-hybridized carbons (Fsp3) is 0.591. The van der Waals surface area contributed by atoms with Crippen molar-refractivity contribution < 1.29 is 9.59 Å². The summed E-state index contributed by atoms with van der Waals surface area (Å²) in [5.74, 6) is 0.863. The van der Waals surface area contributed by atoms with E-state index in [1.807, 2.05) is 35.0 Å². The molecule has 1 saturated heterocycles. The van der Waals surface area contributed by atoms with Crippen molar-refractivity contribution in [3.05, 3.63) is 41.7 Å². The van der Waals surface area contributed by atoms with Gasteiger partial charge in [0.2, 0.25) is 11.8 Å². The van der Waals surface area contributed by atoms with Gasteiger partial charge in [-0.3, -0.25) is 14.6 Å². The number of pyridine rings is 1. The van der Waals surface area contributed by atoms with Gasteiger partial charge in [0.05, 0.1) is 0 Å². The zero-order chi connectivity index (χ0) is 19.1. The first kappa shape index (κ1) is 19.6. The number of allylic oxidation sites excluding steroid dienone is 1. The molecule has 1 aliphatic carbocycles. The molecule has 0 saturated carbocycles. The van der Waals surface area contributed by atoms with Crippen molar-refractivity contribution in [1.29, 1.82) is 0 Å². The van der Waals surface area contributed by atoms with E-state index in [4.69, 9.17) is 0 Å². The van der Waals surface area contributed by atoms with Crippen molar-refractivity contribution >= 4 is 11.8 Å². The van der Waals surface area contributed by atoms with Crippen LogP contribution in [0.25, 0.3) is 0 Å². The molecule has 0 spiro atoms. The minimum atomic E-state index is 0.188. The predicted octanol–water partition coefficient (Wildman–Crippen LogP) is 3.21. The molecular formula is C22H31N3O2. The molecule has 0 bridgehead atoms. The summed E-state index contributed by atoms with van der Waals surface area (Å²) in [4.78, 5) is 33.2. The summed E-state index contributed by atoms with van der Waals surface area (Å²) in [6.45, 7) is 2.37. The Hall–Kier alpha value is -2.17. The number of aromatic nitrogens is 1. The van der Waals surface area contributed by atoms with E-state index in [1.165, 1.54) is 0 Å². The molecule has 2 amide bonds. The van der Waals surface area contributed by atoms with Crippen LogP contribution in [0.5, 0.6) is 0 Å². The van der Waals surface area contributed by atoms with E-state index in [9.17, 15) is 9.59 Å². The molecule has 1 aromatic rings. The second-order valence-electron chi connectivity index (χ2n) is 7.81. The molecule has 27 heavy (non-hydrogen) atoms. The highest BCUT2D eigenvalue weighted by Gasteiger charge is 2.27. The predicted molar refractivity (Wildman–Crippen MR) is 106 cm³/mol. The average Bonchev–Trinajstić information content (AvgIpc) is 3.25. The molecule has 2 aliphatic rings. The summed E-state index contributed by atoms with van der Waals surface area (Å²) in [5.41, 5.74) is 2.01. The number of hydrogen-bond donors (Lipinski definition) is 0. The van der Waals surface area contributed by atoms with Gasteiger partial charge in [-0.2, -0.15) is 0 Å². The zero-order valence-corrected chi connectivity index (χ0v) is 16.4. The minimum Gasteiger partial charge on any atom is -0.345 e. The van der Waals surface area contributed by atoms with Gasteiger partial charge in [-0.15, -0.1) is 0 Å². The molecule has 1 aromatic heterocycles.